The van der Waals surface area contributed by atoms with E-state index < -0.39 is 0 Å². The zero-order valence-electron chi connectivity index (χ0n) is 26.9. The van der Waals surface area contributed by atoms with Crippen LogP contribution in [0.5, 0.6) is 0 Å². The van der Waals surface area contributed by atoms with Crippen molar-refractivity contribution >= 4 is 81.0 Å². The standard InChI is InChI=1S/C46H32N2S/c1-2-11-31(12-3-1)33-14-10-15-36(29-33)47(37-26-28-41-40-18-7-9-20-44(40)49-45(41)30-37)34-22-24-35(25-23-34)48-43-19-8-6-17-39(43)42-27-21-32-13-4-5-16-38(32)46(42)48/h1-9,11-13,15-30H,10,14H2. The Morgan fingerprint density at radius 3 is 2.10 bits per heavy atom. The van der Waals surface area contributed by atoms with Gasteiger partial charge in [-0.1, -0.05) is 115 Å². The van der Waals surface area contributed by atoms with Gasteiger partial charge in [0.05, 0.1) is 11.0 Å². The van der Waals surface area contributed by atoms with E-state index in [4.69, 9.17) is 0 Å². The molecule has 0 fully saturated rings. The maximum absolute atomic E-state index is 2.44. The van der Waals surface area contributed by atoms with Crippen molar-refractivity contribution in [1.29, 1.82) is 0 Å². The molecule has 0 atom stereocenters. The predicted octanol–water partition coefficient (Wildman–Crippen LogP) is 13.2. The largest absolute Gasteiger partial charge is 0.311 e. The minimum atomic E-state index is 1.00. The molecule has 3 heteroatoms. The van der Waals surface area contributed by atoms with Crippen molar-refractivity contribution < 1.29 is 0 Å². The minimum Gasteiger partial charge on any atom is -0.311 e. The third kappa shape index (κ3) is 4.62. The normalized spacial score (nSPS) is 13.4. The Bertz CT molecular complexity index is 2760. The third-order valence-electron chi connectivity index (χ3n) is 10.0. The molecular formula is C46H32N2S. The lowest BCUT2D eigenvalue weighted by molar-refractivity contribution is 1.01. The molecule has 0 spiro atoms. The summed E-state index contributed by atoms with van der Waals surface area (Å²) < 4.78 is 5.08. The van der Waals surface area contributed by atoms with Crippen LogP contribution in [0, 0.1) is 0 Å². The first-order valence-electron chi connectivity index (χ1n) is 17.0. The summed E-state index contributed by atoms with van der Waals surface area (Å²) in [6, 6.07) is 57.7. The highest BCUT2D eigenvalue weighted by Crippen LogP contribution is 2.42. The van der Waals surface area contributed by atoms with Gasteiger partial charge < -0.3 is 9.47 Å². The van der Waals surface area contributed by atoms with Crippen LogP contribution in [0.15, 0.2) is 176 Å². The van der Waals surface area contributed by atoms with Gasteiger partial charge in [-0.05, 0) is 84.0 Å². The van der Waals surface area contributed by atoms with Crippen molar-refractivity contribution in [3.63, 3.8) is 0 Å². The highest BCUT2D eigenvalue weighted by atomic mass is 32.1. The van der Waals surface area contributed by atoms with E-state index in [2.05, 4.69) is 179 Å². The number of anilines is 2. The summed E-state index contributed by atoms with van der Waals surface area (Å²) in [6.07, 6.45) is 6.83. The second kappa shape index (κ2) is 11.4. The Morgan fingerprint density at radius 2 is 1.22 bits per heavy atom. The molecule has 0 N–H and O–H groups in total. The number of hydrogen-bond donors (Lipinski definition) is 0. The number of fused-ring (bicyclic) bond motifs is 8. The monoisotopic (exact) mass is 644 g/mol. The molecule has 0 radical (unpaired) electrons. The quantitative estimate of drug-likeness (QED) is 0.181. The van der Waals surface area contributed by atoms with Gasteiger partial charge in [0.25, 0.3) is 0 Å². The van der Waals surface area contributed by atoms with E-state index in [1.807, 2.05) is 11.3 Å². The first-order valence-corrected chi connectivity index (χ1v) is 17.8. The fourth-order valence-electron chi connectivity index (χ4n) is 7.77. The van der Waals surface area contributed by atoms with Crippen LogP contribution >= 0.6 is 11.3 Å². The lowest BCUT2D eigenvalue weighted by Gasteiger charge is -2.29. The first-order chi connectivity index (χ1) is 24.3. The number of benzene rings is 7. The van der Waals surface area contributed by atoms with Gasteiger partial charge in [-0.3, -0.25) is 0 Å². The van der Waals surface area contributed by atoms with E-state index in [-0.39, 0.29) is 0 Å². The van der Waals surface area contributed by atoms with Crippen molar-refractivity contribution in [1.82, 2.24) is 4.57 Å². The van der Waals surface area contributed by atoms with Crippen molar-refractivity contribution in [2.24, 2.45) is 0 Å². The predicted molar refractivity (Wildman–Crippen MR) is 211 cm³/mol. The van der Waals surface area contributed by atoms with Crippen molar-refractivity contribution in [3.05, 3.63) is 181 Å². The fourth-order valence-corrected chi connectivity index (χ4v) is 8.91. The van der Waals surface area contributed by atoms with Crippen LogP contribution < -0.4 is 4.90 Å². The van der Waals surface area contributed by atoms with Crippen molar-refractivity contribution in [3.8, 4) is 5.69 Å². The number of hydrogen-bond acceptors (Lipinski definition) is 2. The molecule has 2 nitrogen and oxygen atoms in total. The number of aromatic nitrogens is 1. The van der Waals surface area contributed by atoms with E-state index in [0.717, 1.165) is 24.2 Å². The summed E-state index contributed by atoms with van der Waals surface area (Å²) in [5.41, 5.74) is 9.83. The van der Waals surface area contributed by atoms with Crippen LogP contribution in [-0.4, -0.2) is 4.57 Å². The smallest absolute Gasteiger partial charge is 0.0619 e. The Morgan fingerprint density at radius 1 is 0.531 bits per heavy atom. The number of nitrogens with zero attached hydrogens (tertiary/aromatic N) is 2. The van der Waals surface area contributed by atoms with Crippen LogP contribution in [0.3, 0.4) is 0 Å². The zero-order chi connectivity index (χ0) is 32.3. The second-order valence-corrected chi connectivity index (χ2v) is 14.0. The van der Waals surface area contributed by atoms with E-state index in [1.165, 1.54) is 75.3 Å². The average molecular weight is 645 g/mol. The number of rotatable bonds is 5. The van der Waals surface area contributed by atoms with Gasteiger partial charge in [-0.15, -0.1) is 11.3 Å². The molecule has 0 bridgehead atoms. The van der Waals surface area contributed by atoms with Crippen LogP contribution in [0.4, 0.5) is 11.4 Å². The summed E-state index contributed by atoms with van der Waals surface area (Å²) in [5, 5.41) is 7.72. The lowest BCUT2D eigenvalue weighted by atomic mass is 9.95. The summed E-state index contributed by atoms with van der Waals surface area (Å²) in [5.74, 6) is 0. The van der Waals surface area contributed by atoms with Crippen molar-refractivity contribution in [2.75, 3.05) is 4.90 Å². The number of thiophene rings is 1. The van der Waals surface area contributed by atoms with E-state index in [9.17, 15) is 0 Å². The van der Waals surface area contributed by atoms with Crippen LogP contribution in [-0.2, 0) is 0 Å². The summed E-state index contributed by atoms with van der Waals surface area (Å²) in [4.78, 5) is 2.44. The Kier molecular flexibility index (Phi) is 6.53. The molecule has 10 rings (SSSR count). The van der Waals surface area contributed by atoms with Gasteiger partial charge in [-0.25, -0.2) is 0 Å². The summed E-state index contributed by atoms with van der Waals surface area (Å²) >= 11 is 1.87. The Hall–Kier alpha value is -5.90. The van der Waals surface area contributed by atoms with Crippen LogP contribution in [0.2, 0.25) is 0 Å². The Labute approximate surface area is 289 Å². The molecule has 0 aliphatic heterocycles. The minimum absolute atomic E-state index is 1.00. The Balaban J connectivity index is 1.15. The van der Waals surface area contributed by atoms with Gasteiger partial charge in [0.15, 0.2) is 0 Å². The molecule has 232 valence electrons. The van der Waals surface area contributed by atoms with Crippen LogP contribution in [0.25, 0.3) is 64.0 Å². The second-order valence-electron chi connectivity index (χ2n) is 12.9. The van der Waals surface area contributed by atoms with Gasteiger partial charge in [-0.2, -0.15) is 0 Å². The maximum atomic E-state index is 2.44. The molecule has 1 aliphatic rings. The molecule has 0 unspecified atom stereocenters. The highest BCUT2D eigenvalue weighted by Gasteiger charge is 2.20. The highest BCUT2D eigenvalue weighted by molar-refractivity contribution is 7.25. The molecule has 2 heterocycles. The van der Waals surface area contributed by atoms with E-state index in [1.54, 1.807) is 0 Å². The molecule has 0 saturated carbocycles. The molecule has 1 aliphatic carbocycles. The molecule has 9 aromatic rings. The molecular weight excluding hydrogens is 613 g/mol. The van der Waals surface area contributed by atoms with Crippen LogP contribution in [0.1, 0.15) is 18.4 Å². The van der Waals surface area contributed by atoms with E-state index in [0.29, 0.717) is 0 Å². The first kappa shape index (κ1) is 28.1. The summed E-state index contributed by atoms with van der Waals surface area (Å²) in [6.45, 7) is 0. The van der Waals surface area contributed by atoms with E-state index >= 15 is 0 Å². The molecule has 2 aromatic heterocycles. The topological polar surface area (TPSA) is 8.17 Å². The third-order valence-corrected chi connectivity index (χ3v) is 11.2. The maximum Gasteiger partial charge on any atom is 0.0619 e. The van der Waals surface area contributed by atoms with Gasteiger partial charge in [0, 0.05) is 59.1 Å². The van der Waals surface area contributed by atoms with Gasteiger partial charge in [0.2, 0.25) is 0 Å². The van der Waals surface area contributed by atoms with Gasteiger partial charge in [0.1, 0.15) is 0 Å². The molecule has 7 aromatic carbocycles. The van der Waals surface area contributed by atoms with Crippen molar-refractivity contribution in [2.45, 2.75) is 12.8 Å². The SMILES string of the molecule is C1=C(c2ccccc2)CCC=C1N(c1ccc(-n2c3ccccc3c3ccc4ccccc4c32)cc1)c1ccc2c(c1)sc1ccccc12. The lowest BCUT2D eigenvalue weighted by Crippen LogP contribution is -2.17. The zero-order valence-corrected chi connectivity index (χ0v) is 27.7. The molecule has 0 saturated heterocycles. The average Bonchev–Trinajstić information content (AvgIpc) is 3.71. The number of allylic oxidation sites excluding steroid dienone is 3. The molecule has 49 heavy (non-hydrogen) atoms. The fraction of sp³-hybridized carbons (Fsp3) is 0.0435. The molecule has 0 amide bonds. The number of para-hydroxylation sites is 1. The van der Waals surface area contributed by atoms with Gasteiger partial charge >= 0.3 is 0 Å². The summed E-state index contributed by atoms with van der Waals surface area (Å²) in [7, 11) is 0.